The minimum Gasteiger partial charge on any atom is -0.481 e. The van der Waals surface area contributed by atoms with Gasteiger partial charge < -0.3 is 10.4 Å². The molecular formula is C13H16F3NO2. The predicted molar refractivity (Wildman–Crippen MR) is 64.8 cm³/mol. The molecule has 3 nitrogen and oxygen atoms in total. The monoisotopic (exact) mass is 275 g/mol. The molecule has 1 aromatic carbocycles. The van der Waals surface area contributed by atoms with Gasteiger partial charge in [0, 0.05) is 12.6 Å². The van der Waals surface area contributed by atoms with E-state index in [9.17, 15) is 18.0 Å². The third kappa shape index (κ3) is 4.24. The number of nitrogens with one attached hydrogen (secondary N) is 1. The molecule has 0 aromatic heterocycles. The summed E-state index contributed by atoms with van der Waals surface area (Å²) in [6, 6.07) is 6.94. The Morgan fingerprint density at radius 2 is 1.95 bits per heavy atom. The lowest BCUT2D eigenvalue weighted by Gasteiger charge is -2.21. The summed E-state index contributed by atoms with van der Waals surface area (Å²) in [5.74, 6) is -4.25. The van der Waals surface area contributed by atoms with Gasteiger partial charge in [0.2, 0.25) is 0 Å². The molecule has 0 aliphatic carbocycles. The van der Waals surface area contributed by atoms with Crippen molar-refractivity contribution < 1.29 is 23.1 Å². The average molecular weight is 275 g/mol. The summed E-state index contributed by atoms with van der Waals surface area (Å²) in [6.45, 7) is 2.91. The topological polar surface area (TPSA) is 49.3 Å². The number of carbonyl (C=O) groups is 1. The molecule has 0 heterocycles. The van der Waals surface area contributed by atoms with Gasteiger partial charge in [-0.25, -0.2) is 0 Å². The maximum Gasteiger partial charge on any atom is 0.403 e. The van der Waals surface area contributed by atoms with Crippen LogP contribution in [-0.2, 0) is 4.79 Å². The molecule has 0 aliphatic rings. The third-order valence-corrected chi connectivity index (χ3v) is 2.98. The average Bonchev–Trinajstić information content (AvgIpc) is 2.27. The fraction of sp³-hybridized carbons (Fsp3) is 0.462. The van der Waals surface area contributed by atoms with Crippen LogP contribution in [0.1, 0.15) is 24.1 Å². The number of hydrogen-bond acceptors (Lipinski definition) is 2. The van der Waals surface area contributed by atoms with E-state index in [1.165, 1.54) is 0 Å². The van der Waals surface area contributed by atoms with E-state index in [1.54, 1.807) is 19.1 Å². The molecule has 0 aliphatic heterocycles. The predicted octanol–water partition coefficient (Wildman–Crippen LogP) is 2.91. The van der Waals surface area contributed by atoms with Gasteiger partial charge in [0.1, 0.15) is 0 Å². The van der Waals surface area contributed by atoms with Crippen molar-refractivity contribution in [1.82, 2.24) is 5.32 Å². The number of carboxylic acid groups (broad SMARTS) is 1. The van der Waals surface area contributed by atoms with E-state index in [0.29, 0.717) is 0 Å². The largest absolute Gasteiger partial charge is 0.481 e. The number of halogens is 3. The van der Waals surface area contributed by atoms with E-state index in [2.05, 4.69) is 5.32 Å². The van der Waals surface area contributed by atoms with Crippen LogP contribution >= 0.6 is 0 Å². The summed E-state index contributed by atoms with van der Waals surface area (Å²) in [4.78, 5) is 10.6. The first-order valence-corrected chi connectivity index (χ1v) is 5.82. The Balaban J connectivity index is 2.70. The maximum absolute atomic E-state index is 12.5. The van der Waals surface area contributed by atoms with Crippen LogP contribution in [-0.4, -0.2) is 23.8 Å². The third-order valence-electron chi connectivity index (χ3n) is 2.98. The quantitative estimate of drug-likeness (QED) is 0.868. The van der Waals surface area contributed by atoms with Crippen molar-refractivity contribution in [3.8, 4) is 0 Å². The Kier molecular flexibility index (Phi) is 4.94. The normalized spacial score (nSPS) is 15.0. The van der Waals surface area contributed by atoms with E-state index in [0.717, 1.165) is 11.1 Å². The first kappa shape index (κ1) is 15.5. The molecule has 0 saturated heterocycles. The summed E-state index contributed by atoms with van der Waals surface area (Å²) in [6.07, 6.45) is -4.75. The molecule has 2 atom stereocenters. The van der Waals surface area contributed by atoms with Gasteiger partial charge in [0.25, 0.3) is 0 Å². The zero-order valence-electron chi connectivity index (χ0n) is 10.7. The lowest BCUT2D eigenvalue weighted by Crippen LogP contribution is -2.39. The molecule has 0 saturated carbocycles. The van der Waals surface area contributed by atoms with Gasteiger partial charge >= 0.3 is 12.1 Å². The highest BCUT2D eigenvalue weighted by atomic mass is 19.4. The van der Waals surface area contributed by atoms with Crippen molar-refractivity contribution in [2.75, 3.05) is 6.54 Å². The van der Waals surface area contributed by atoms with Crippen LogP contribution in [0.25, 0.3) is 0 Å². The Labute approximate surface area is 109 Å². The van der Waals surface area contributed by atoms with Crippen LogP contribution in [0.2, 0.25) is 0 Å². The van der Waals surface area contributed by atoms with Gasteiger partial charge in [0.15, 0.2) is 5.92 Å². The molecule has 0 fully saturated rings. The zero-order chi connectivity index (χ0) is 14.6. The molecule has 1 rings (SSSR count). The highest BCUT2D eigenvalue weighted by molar-refractivity contribution is 5.71. The van der Waals surface area contributed by atoms with E-state index < -0.39 is 24.6 Å². The second-order valence-electron chi connectivity index (χ2n) is 4.42. The van der Waals surface area contributed by atoms with Crippen LogP contribution in [0.5, 0.6) is 0 Å². The first-order valence-electron chi connectivity index (χ1n) is 5.82. The van der Waals surface area contributed by atoms with E-state index in [-0.39, 0.29) is 6.04 Å². The maximum atomic E-state index is 12.5. The summed E-state index contributed by atoms with van der Waals surface area (Å²) >= 11 is 0. The Morgan fingerprint density at radius 3 is 2.42 bits per heavy atom. The Bertz CT molecular complexity index is 446. The van der Waals surface area contributed by atoms with Gasteiger partial charge in [-0.15, -0.1) is 0 Å². The summed E-state index contributed by atoms with van der Waals surface area (Å²) in [5.41, 5.74) is 1.80. The van der Waals surface area contributed by atoms with Gasteiger partial charge in [-0.05, 0) is 25.0 Å². The molecule has 6 heteroatoms. The van der Waals surface area contributed by atoms with Crippen LogP contribution in [0, 0.1) is 12.8 Å². The van der Waals surface area contributed by atoms with Gasteiger partial charge in [0.05, 0.1) is 0 Å². The number of rotatable bonds is 5. The zero-order valence-corrected chi connectivity index (χ0v) is 10.7. The highest BCUT2D eigenvalue weighted by Crippen LogP contribution is 2.27. The molecule has 0 radical (unpaired) electrons. The number of alkyl halides is 3. The summed E-state index contributed by atoms with van der Waals surface area (Å²) in [5, 5.41) is 11.2. The molecule has 106 valence electrons. The smallest absolute Gasteiger partial charge is 0.403 e. The van der Waals surface area contributed by atoms with Crippen LogP contribution in [0.3, 0.4) is 0 Å². The SMILES string of the molecule is Cc1ccccc1C(C)NCC(C(=O)O)C(F)(F)F. The highest BCUT2D eigenvalue weighted by Gasteiger charge is 2.44. The summed E-state index contributed by atoms with van der Waals surface area (Å²) in [7, 11) is 0. The molecule has 0 amide bonds. The summed E-state index contributed by atoms with van der Waals surface area (Å²) < 4.78 is 37.4. The molecule has 0 bridgehead atoms. The second-order valence-corrected chi connectivity index (χ2v) is 4.42. The lowest BCUT2D eigenvalue weighted by atomic mass is 10.0. The molecule has 2 unspecified atom stereocenters. The number of aliphatic carboxylic acids is 1. The van der Waals surface area contributed by atoms with Crippen molar-refractivity contribution in [2.45, 2.75) is 26.1 Å². The van der Waals surface area contributed by atoms with Crippen LogP contribution in [0.15, 0.2) is 24.3 Å². The lowest BCUT2D eigenvalue weighted by molar-refractivity contribution is -0.192. The van der Waals surface area contributed by atoms with E-state index >= 15 is 0 Å². The first-order chi connectivity index (χ1) is 8.73. The van der Waals surface area contributed by atoms with Gasteiger partial charge in [-0.2, -0.15) is 13.2 Å². The van der Waals surface area contributed by atoms with Crippen molar-refractivity contribution in [3.63, 3.8) is 0 Å². The fourth-order valence-electron chi connectivity index (χ4n) is 1.82. The minimum atomic E-state index is -4.75. The molecule has 0 spiro atoms. The van der Waals surface area contributed by atoms with Crippen molar-refractivity contribution in [1.29, 1.82) is 0 Å². The van der Waals surface area contributed by atoms with Crippen LogP contribution < -0.4 is 5.32 Å². The fourth-order valence-corrected chi connectivity index (χ4v) is 1.82. The molecule has 1 aromatic rings. The van der Waals surface area contributed by atoms with Crippen molar-refractivity contribution >= 4 is 5.97 Å². The second kappa shape index (κ2) is 6.06. The van der Waals surface area contributed by atoms with Gasteiger partial charge in [-0.1, -0.05) is 24.3 Å². The Hall–Kier alpha value is -1.56. The number of hydrogen-bond donors (Lipinski definition) is 2. The van der Waals surface area contributed by atoms with Crippen molar-refractivity contribution in [2.24, 2.45) is 5.92 Å². The van der Waals surface area contributed by atoms with Gasteiger partial charge in [-0.3, -0.25) is 4.79 Å². The van der Waals surface area contributed by atoms with Crippen molar-refractivity contribution in [3.05, 3.63) is 35.4 Å². The molecule has 2 N–H and O–H groups in total. The Morgan fingerprint density at radius 1 is 1.37 bits per heavy atom. The number of aryl methyl sites for hydroxylation is 1. The van der Waals surface area contributed by atoms with E-state index in [1.807, 2.05) is 19.1 Å². The number of benzene rings is 1. The van der Waals surface area contributed by atoms with E-state index in [4.69, 9.17) is 5.11 Å². The number of carboxylic acids is 1. The molecular weight excluding hydrogens is 259 g/mol. The molecule has 19 heavy (non-hydrogen) atoms. The minimum absolute atomic E-state index is 0.342. The standard InChI is InChI=1S/C13H16F3NO2/c1-8-5-3-4-6-10(8)9(2)17-7-11(12(18)19)13(14,15)16/h3-6,9,11,17H,7H2,1-2H3,(H,18,19). The van der Waals surface area contributed by atoms with Crippen LogP contribution in [0.4, 0.5) is 13.2 Å².